The summed E-state index contributed by atoms with van der Waals surface area (Å²) in [6.07, 6.45) is 2.73. The number of aromatic nitrogens is 2. The molecule has 2 aromatic rings. The molecule has 0 bridgehead atoms. The molecule has 2 aliphatic heterocycles. The number of hydrogen-bond donors (Lipinski definition) is 1. The molecule has 1 fully saturated rings. The molecule has 148 valence electrons. The minimum absolute atomic E-state index is 0.0391. The maximum absolute atomic E-state index is 12.8. The summed E-state index contributed by atoms with van der Waals surface area (Å²) in [7, 11) is 0. The average molecular weight is 401 g/mol. The highest BCUT2D eigenvalue weighted by Gasteiger charge is 2.33. The van der Waals surface area contributed by atoms with Gasteiger partial charge in [0.2, 0.25) is 5.91 Å². The van der Waals surface area contributed by atoms with Crippen molar-refractivity contribution in [3.63, 3.8) is 0 Å². The van der Waals surface area contributed by atoms with Gasteiger partial charge < -0.3 is 14.8 Å². The fraction of sp³-hybridized carbons (Fsp3) is 0.500. The van der Waals surface area contributed by atoms with E-state index in [0.29, 0.717) is 42.2 Å². The van der Waals surface area contributed by atoms with Gasteiger partial charge >= 0.3 is 0 Å². The number of likely N-dealkylation sites (tertiary alicyclic amines) is 1. The maximum Gasteiger partial charge on any atom is 0.264 e. The highest BCUT2D eigenvalue weighted by atomic mass is 32.1. The van der Waals surface area contributed by atoms with Crippen LogP contribution >= 0.6 is 11.3 Å². The van der Waals surface area contributed by atoms with Crippen molar-refractivity contribution in [1.82, 2.24) is 19.8 Å². The SMILES string of the molecule is CCC(=O)N1CCCC1c1nc2c(c(=O)[nH]1)CN(C(=O)c1ccc(C)s1)CC2. The molecule has 4 heterocycles. The Morgan fingerprint density at radius 3 is 2.86 bits per heavy atom. The molecule has 2 amide bonds. The van der Waals surface area contributed by atoms with Gasteiger partial charge in [-0.05, 0) is 31.9 Å². The van der Waals surface area contributed by atoms with Gasteiger partial charge in [-0.15, -0.1) is 11.3 Å². The lowest BCUT2D eigenvalue weighted by Crippen LogP contribution is -2.40. The zero-order chi connectivity index (χ0) is 19.8. The van der Waals surface area contributed by atoms with Crippen molar-refractivity contribution >= 4 is 23.2 Å². The topological polar surface area (TPSA) is 86.4 Å². The van der Waals surface area contributed by atoms with Crippen LogP contribution in [0.15, 0.2) is 16.9 Å². The van der Waals surface area contributed by atoms with E-state index >= 15 is 0 Å². The number of nitrogens with zero attached hydrogens (tertiary/aromatic N) is 3. The van der Waals surface area contributed by atoms with E-state index in [4.69, 9.17) is 4.98 Å². The molecular weight excluding hydrogens is 376 g/mol. The highest BCUT2D eigenvalue weighted by Crippen LogP contribution is 2.30. The summed E-state index contributed by atoms with van der Waals surface area (Å²) in [6.45, 7) is 5.34. The number of rotatable bonds is 3. The summed E-state index contributed by atoms with van der Waals surface area (Å²) >= 11 is 1.47. The molecule has 1 saturated heterocycles. The lowest BCUT2D eigenvalue weighted by molar-refractivity contribution is -0.131. The molecule has 28 heavy (non-hydrogen) atoms. The van der Waals surface area contributed by atoms with Crippen molar-refractivity contribution in [2.75, 3.05) is 13.1 Å². The quantitative estimate of drug-likeness (QED) is 0.857. The average Bonchev–Trinajstić information content (AvgIpc) is 3.35. The Morgan fingerprint density at radius 2 is 2.14 bits per heavy atom. The van der Waals surface area contributed by atoms with E-state index in [-0.39, 0.29) is 30.0 Å². The van der Waals surface area contributed by atoms with Crippen LogP contribution in [0.25, 0.3) is 0 Å². The van der Waals surface area contributed by atoms with E-state index in [1.165, 1.54) is 11.3 Å². The first-order valence-corrected chi connectivity index (χ1v) is 10.6. The summed E-state index contributed by atoms with van der Waals surface area (Å²) in [5.41, 5.74) is 1.11. The summed E-state index contributed by atoms with van der Waals surface area (Å²) in [5, 5.41) is 0. The van der Waals surface area contributed by atoms with Crippen molar-refractivity contribution in [3.8, 4) is 0 Å². The van der Waals surface area contributed by atoms with Crippen LogP contribution in [0.5, 0.6) is 0 Å². The molecule has 2 aromatic heterocycles. The predicted octanol–water partition coefficient (Wildman–Crippen LogP) is 2.41. The van der Waals surface area contributed by atoms with Gasteiger partial charge in [-0.3, -0.25) is 14.4 Å². The Bertz CT molecular complexity index is 980. The highest BCUT2D eigenvalue weighted by molar-refractivity contribution is 7.13. The van der Waals surface area contributed by atoms with Crippen LogP contribution in [0.1, 0.15) is 63.9 Å². The van der Waals surface area contributed by atoms with Crippen molar-refractivity contribution < 1.29 is 9.59 Å². The van der Waals surface area contributed by atoms with Gasteiger partial charge in [-0.2, -0.15) is 0 Å². The number of carbonyl (C=O) groups is 2. The molecule has 0 aliphatic carbocycles. The maximum atomic E-state index is 12.8. The summed E-state index contributed by atoms with van der Waals surface area (Å²) in [5.74, 6) is 0.630. The second kappa shape index (κ2) is 7.50. The lowest BCUT2D eigenvalue weighted by Gasteiger charge is -2.29. The zero-order valence-corrected chi connectivity index (χ0v) is 17.0. The normalized spacial score (nSPS) is 19.0. The first-order chi connectivity index (χ1) is 13.5. The van der Waals surface area contributed by atoms with Crippen LogP contribution in [-0.2, 0) is 17.8 Å². The minimum atomic E-state index is -0.198. The molecule has 7 nitrogen and oxygen atoms in total. The lowest BCUT2D eigenvalue weighted by atomic mass is 10.1. The molecule has 0 radical (unpaired) electrons. The van der Waals surface area contributed by atoms with Crippen LogP contribution in [0.3, 0.4) is 0 Å². The molecule has 2 aliphatic rings. The number of carbonyl (C=O) groups excluding carboxylic acids is 2. The summed E-state index contributed by atoms with van der Waals surface area (Å²) in [6, 6.07) is 3.61. The van der Waals surface area contributed by atoms with E-state index in [0.717, 1.165) is 23.4 Å². The Hall–Kier alpha value is -2.48. The van der Waals surface area contributed by atoms with E-state index in [1.54, 1.807) is 4.90 Å². The number of nitrogens with one attached hydrogen (secondary N) is 1. The van der Waals surface area contributed by atoms with Gasteiger partial charge in [0, 0.05) is 30.8 Å². The number of amides is 2. The van der Waals surface area contributed by atoms with Crippen molar-refractivity contribution in [3.05, 3.63) is 49.3 Å². The fourth-order valence-corrected chi connectivity index (χ4v) is 4.87. The Morgan fingerprint density at radius 1 is 1.32 bits per heavy atom. The van der Waals surface area contributed by atoms with Gasteiger partial charge in [0.05, 0.1) is 28.7 Å². The molecule has 1 unspecified atom stereocenters. The van der Waals surface area contributed by atoms with Crippen LogP contribution < -0.4 is 5.56 Å². The van der Waals surface area contributed by atoms with Crippen LogP contribution in [0.4, 0.5) is 0 Å². The van der Waals surface area contributed by atoms with E-state index in [1.807, 2.05) is 30.9 Å². The number of hydrogen-bond acceptors (Lipinski definition) is 5. The predicted molar refractivity (Wildman–Crippen MR) is 106 cm³/mol. The van der Waals surface area contributed by atoms with Crippen molar-refractivity contribution in [1.29, 1.82) is 0 Å². The number of aromatic amines is 1. The Labute approximate surface area is 167 Å². The molecule has 0 aromatic carbocycles. The molecule has 1 atom stereocenters. The number of thiophene rings is 1. The molecule has 4 rings (SSSR count). The monoisotopic (exact) mass is 400 g/mol. The molecular formula is C20H24N4O3S. The van der Waals surface area contributed by atoms with Crippen LogP contribution in [0.2, 0.25) is 0 Å². The van der Waals surface area contributed by atoms with Gasteiger partial charge in [0.25, 0.3) is 11.5 Å². The van der Waals surface area contributed by atoms with E-state index in [2.05, 4.69) is 4.98 Å². The Balaban J connectivity index is 1.58. The minimum Gasteiger partial charge on any atom is -0.333 e. The standard InChI is InChI=1S/C20H24N4O3S/c1-3-17(25)24-9-4-5-15(24)18-21-14-8-10-23(11-13(14)19(26)22-18)20(27)16-7-6-12(2)28-16/h6-7,15H,3-5,8-11H2,1-2H3,(H,21,22,26). The smallest absolute Gasteiger partial charge is 0.264 e. The van der Waals surface area contributed by atoms with Gasteiger partial charge in [-0.1, -0.05) is 6.92 Å². The number of fused-ring (bicyclic) bond motifs is 1. The van der Waals surface area contributed by atoms with E-state index in [9.17, 15) is 14.4 Å². The third-order valence-corrected chi connectivity index (χ3v) is 6.51. The molecule has 8 heteroatoms. The first kappa shape index (κ1) is 18.9. The third-order valence-electron chi connectivity index (χ3n) is 5.52. The van der Waals surface area contributed by atoms with Gasteiger partial charge in [0.15, 0.2) is 0 Å². The fourth-order valence-electron chi connectivity index (χ4n) is 4.03. The summed E-state index contributed by atoms with van der Waals surface area (Å²) < 4.78 is 0. The molecule has 1 N–H and O–H groups in total. The molecule has 0 saturated carbocycles. The van der Waals surface area contributed by atoms with Crippen LogP contribution in [-0.4, -0.2) is 44.7 Å². The second-order valence-corrected chi connectivity index (χ2v) is 8.65. The summed E-state index contributed by atoms with van der Waals surface area (Å²) in [4.78, 5) is 50.6. The second-order valence-electron chi connectivity index (χ2n) is 7.36. The number of H-pyrrole nitrogens is 1. The van der Waals surface area contributed by atoms with Gasteiger partial charge in [-0.25, -0.2) is 4.98 Å². The number of aryl methyl sites for hydroxylation is 1. The zero-order valence-electron chi connectivity index (χ0n) is 16.2. The first-order valence-electron chi connectivity index (χ1n) is 9.75. The van der Waals surface area contributed by atoms with Crippen molar-refractivity contribution in [2.45, 2.75) is 52.1 Å². The largest absolute Gasteiger partial charge is 0.333 e. The Kier molecular flexibility index (Phi) is 5.05. The van der Waals surface area contributed by atoms with Crippen LogP contribution in [0, 0.1) is 6.92 Å². The third kappa shape index (κ3) is 3.37. The van der Waals surface area contributed by atoms with Crippen molar-refractivity contribution in [2.24, 2.45) is 0 Å². The van der Waals surface area contributed by atoms with E-state index < -0.39 is 0 Å². The van der Waals surface area contributed by atoms with Gasteiger partial charge in [0.1, 0.15) is 5.82 Å². The molecule has 0 spiro atoms.